The molecule has 0 radical (unpaired) electrons. The minimum absolute atomic E-state index is 0.0356. The van der Waals surface area contributed by atoms with Gasteiger partial charge >= 0.3 is 5.69 Å². The van der Waals surface area contributed by atoms with Crippen LogP contribution in [0.25, 0.3) is 10.4 Å². The first-order chi connectivity index (χ1) is 8.06. The maximum absolute atomic E-state index is 13.2. The minimum atomic E-state index is -1.02. The number of nitro benzene ring substituents is 1. The topological polar surface area (TPSA) is 91.9 Å². The van der Waals surface area contributed by atoms with Crippen LogP contribution >= 0.6 is 11.6 Å². The van der Waals surface area contributed by atoms with Crippen LogP contribution in [0.15, 0.2) is 17.2 Å². The molecule has 1 rings (SSSR count). The molecule has 0 amide bonds. The van der Waals surface area contributed by atoms with Crippen molar-refractivity contribution in [3.05, 3.63) is 49.1 Å². The zero-order valence-corrected chi connectivity index (χ0v) is 8.98. The summed E-state index contributed by atoms with van der Waals surface area (Å²) in [5.74, 6) is 3.85. The van der Waals surface area contributed by atoms with Crippen LogP contribution in [-0.4, -0.2) is 11.5 Å². The second-order valence-corrected chi connectivity index (χ2v) is 3.14. The van der Waals surface area contributed by atoms with E-state index in [1.165, 1.54) is 0 Å². The van der Waals surface area contributed by atoms with Crippen molar-refractivity contribution in [2.24, 2.45) is 5.11 Å². The van der Waals surface area contributed by atoms with Crippen molar-refractivity contribution in [2.45, 2.75) is 0 Å². The molecule has 6 nitrogen and oxygen atoms in total. The van der Waals surface area contributed by atoms with Gasteiger partial charge in [0.25, 0.3) is 0 Å². The fraction of sp³-hybridized carbons (Fsp3) is 0.111. The number of benzene rings is 1. The number of azide groups is 1. The molecule has 17 heavy (non-hydrogen) atoms. The number of rotatable bonds is 2. The van der Waals surface area contributed by atoms with Gasteiger partial charge in [-0.1, -0.05) is 28.6 Å². The molecule has 0 saturated carbocycles. The molecule has 0 saturated heterocycles. The summed E-state index contributed by atoms with van der Waals surface area (Å²) in [4.78, 5) is 12.0. The molecule has 0 bridgehead atoms. The van der Waals surface area contributed by atoms with Crippen molar-refractivity contribution in [3.8, 4) is 11.8 Å². The molecular formula is C9H4ClFN4O2. The monoisotopic (exact) mass is 254 g/mol. The van der Waals surface area contributed by atoms with E-state index in [0.717, 1.165) is 12.1 Å². The lowest BCUT2D eigenvalue weighted by Gasteiger charge is -1.97. The van der Waals surface area contributed by atoms with Crippen LogP contribution in [0.2, 0.25) is 5.02 Å². The van der Waals surface area contributed by atoms with Crippen molar-refractivity contribution < 1.29 is 9.31 Å². The molecule has 0 atom stereocenters. The first-order valence-electron chi connectivity index (χ1n) is 4.19. The summed E-state index contributed by atoms with van der Waals surface area (Å²) in [6.07, 6.45) is 0. The SMILES string of the molecule is [N-]=[N+]=NCC#Cc1cc(F)c([N+](=O)[O-])cc1Cl. The first-order valence-corrected chi connectivity index (χ1v) is 4.57. The van der Waals surface area contributed by atoms with Gasteiger partial charge in [-0.2, -0.15) is 4.39 Å². The standard InChI is InChI=1S/C9H4ClFN4O2/c10-7-5-9(15(16)17)8(11)4-6(7)2-1-3-13-14-12/h4-5H,3H2. The average Bonchev–Trinajstić information content (AvgIpc) is 2.28. The Kier molecular flexibility index (Phi) is 4.29. The van der Waals surface area contributed by atoms with E-state index >= 15 is 0 Å². The number of hydrogen-bond donors (Lipinski definition) is 0. The molecule has 1 aromatic carbocycles. The Morgan fingerprint density at radius 1 is 1.65 bits per heavy atom. The largest absolute Gasteiger partial charge is 0.306 e. The summed E-state index contributed by atoms with van der Waals surface area (Å²) in [5.41, 5.74) is 7.38. The van der Waals surface area contributed by atoms with Crippen LogP contribution in [0.5, 0.6) is 0 Å². The van der Waals surface area contributed by atoms with Crippen LogP contribution in [0.4, 0.5) is 10.1 Å². The summed E-state index contributed by atoms with van der Waals surface area (Å²) in [7, 11) is 0. The minimum Gasteiger partial charge on any atom is -0.258 e. The normalized spacial score (nSPS) is 8.82. The highest BCUT2D eigenvalue weighted by Crippen LogP contribution is 2.25. The van der Waals surface area contributed by atoms with Crippen molar-refractivity contribution in [2.75, 3.05) is 6.54 Å². The molecule has 0 fully saturated rings. The Morgan fingerprint density at radius 3 is 2.94 bits per heavy atom. The van der Waals surface area contributed by atoms with Gasteiger partial charge in [-0.25, -0.2) is 0 Å². The van der Waals surface area contributed by atoms with Crippen molar-refractivity contribution >= 4 is 17.3 Å². The summed E-state index contributed by atoms with van der Waals surface area (Å²) in [6, 6.07) is 1.75. The van der Waals surface area contributed by atoms with Gasteiger partial charge in [-0.3, -0.25) is 10.1 Å². The highest BCUT2D eigenvalue weighted by atomic mass is 35.5. The molecule has 8 heteroatoms. The van der Waals surface area contributed by atoms with E-state index in [-0.39, 0.29) is 17.1 Å². The highest BCUT2D eigenvalue weighted by molar-refractivity contribution is 6.32. The number of nitrogens with zero attached hydrogens (tertiary/aromatic N) is 4. The smallest absolute Gasteiger partial charge is 0.258 e. The maximum atomic E-state index is 13.2. The van der Waals surface area contributed by atoms with Gasteiger partial charge in [0.05, 0.1) is 16.5 Å². The van der Waals surface area contributed by atoms with E-state index in [1.807, 2.05) is 0 Å². The van der Waals surface area contributed by atoms with E-state index in [9.17, 15) is 14.5 Å². The Morgan fingerprint density at radius 2 is 2.35 bits per heavy atom. The molecule has 86 valence electrons. The highest BCUT2D eigenvalue weighted by Gasteiger charge is 2.16. The summed E-state index contributed by atoms with van der Waals surface area (Å²) in [5, 5.41) is 13.5. The van der Waals surface area contributed by atoms with Crippen LogP contribution < -0.4 is 0 Å². The maximum Gasteiger partial charge on any atom is 0.306 e. The van der Waals surface area contributed by atoms with Crippen molar-refractivity contribution in [1.29, 1.82) is 0 Å². The van der Waals surface area contributed by atoms with Gasteiger partial charge in [0.15, 0.2) is 0 Å². The number of nitro groups is 1. The van der Waals surface area contributed by atoms with E-state index in [0.29, 0.717) is 0 Å². The lowest BCUT2D eigenvalue weighted by atomic mass is 10.2. The molecule has 0 aromatic heterocycles. The van der Waals surface area contributed by atoms with E-state index < -0.39 is 16.4 Å². The zero-order chi connectivity index (χ0) is 12.8. The van der Waals surface area contributed by atoms with E-state index in [4.69, 9.17) is 17.1 Å². The third-order valence-corrected chi connectivity index (χ3v) is 1.98. The lowest BCUT2D eigenvalue weighted by molar-refractivity contribution is -0.387. The Hall–Kier alpha value is -2.29. The second-order valence-electron chi connectivity index (χ2n) is 2.73. The molecular weight excluding hydrogens is 251 g/mol. The van der Waals surface area contributed by atoms with E-state index in [2.05, 4.69) is 21.9 Å². The predicted molar refractivity (Wildman–Crippen MR) is 59.0 cm³/mol. The van der Waals surface area contributed by atoms with Crippen molar-refractivity contribution in [1.82, 2.24) is 0 Å². The van der Waals surface area contributed by atoms with Crippen LogP contribution in [0, 0.1) is 27.8 Å². The summed E-state index contributed by atoms with van der Waals surface area (Å²) < 4.78 is 13.2. The first kappa shape index (κ1) is 12.8. The molecule has 0 N–H and O–H groups in total. The molecule has 0 aliphatic rings. The molecule has 0 aliphatic heterocycles. The molecule has 0 spiro atoms. The van der Waals surface area contributed by atoms with Gasteiger partial charge < -0.3 is 0 Å². The van der Waals surface area contributed by atoms with Gasteiger partial charge in [0, 0.05) is 16.5 Å². The Labute approximate surface area is 99.8 Å². The van der Waals surface area contributed by atoms with Gasteiger partial charge in [0.2, 0.25) is 5.82 Å². The number of hydrogen-bond acceptors (Lipinski definition) is 3. The average molecular weight is 255 g/mol. The lowest BCUT2D eigenvalue weighted by Crippen LogP contribution is -1.93. The molecule has 0 heterocycles. The predicted octanol–water partition coefficient (Wildman–Crippen LogP) is 3.05. The summed E-state index contributed by atoms with van der Waals surface area (Å²) in [6.45, 7) is -0.0918. The van der Waals surface area contributed by atoms with Crippen LogP contribution in [0.3, 0.4) is 0 Å². The molecule has 0 aliphatic carbocycles. The third kappa shape index (κ3) is 3.34. The van der Waals surface area contributed by atoms with Gasteiger partial charge in [-0.15, -0.1) is 0 Å². The molecule has 0 unspecified atom stereocenters. The van der Waals surface area contributed by atoms with Crippen LogP contribution in [-0.2, 0) is 0 Å². The second kappa shape index (κ2) is 5.70. The third-order valence-electron chi connectivity index (χ3n) is 1.67. The van der Waals surface area contributed by atoms with Gasteiger partial charge in [0.1, 0.15) is 0 Å². The Balaban J connectivity index is 3.10. The van der Waals surface area contributed by atoms with E-state index in [1.54, 1.807) is 0 Å². The van der Waals surface area contributed by atoms with Crippen LogP contribution in [0.1, 0.15) is 5.56 Å². The quantitative estimate of drug-likeness (QED) is 0.203. The Bertz CT molecular complexity index is 572. The van der Waals surface area contributed by atoms with Gasteiger partial charge in [-0.05, 0) is 11.6 Å². The molecule has 1 aromatic rings. The van der Waals surface area contributed by atoms with Crippen molar-refractivity contribution in [3.63, 3.8) is 0 Å². The fourth-order valence-electron chi connectivity index (χ4n) is 0.974. The zero-order valence-electron chi connectivity index (χ0n) is 8.22. The fourth-order valence-corrected chi connectivity index (χ4v) is 1.18. The number of halogens is 2. The summed E-state index contributed by atoms with van der Waals surface area (Å²) >= 11 is 5.68.